The zero-order chi connectivity index (χ0) is 31.4. The van der Waals surface area contributed by atoms with Gasteiger partial charge in [-0.05, 0) is 77.9 Å². The topological polar surface area (TPSA) is 96.5 Å². The molecule has 3 amide bonds. The Morgan fingerprint density at radius 2 is 1.24 bits per heavy atom. The number of amides is 3. The second-order valence-corrected chi connectivity index (χ2v) is 11.1. The molecule has 7 nitrogen and oxygen atoms in total. The highest BCUT2D eigenvalue weighted by Crippen LogP contribution is 2.36. The Kier molecular flexibility index (Phi) is 10.4. The van der Waals surface area contributed by atoms with Gasteiger partial charge in [0, 0.05) is 21.8 Å². The molecule has 5 rings (SSSR count). The summed E-state index contributed by atoms with van der Waals surface area (Å²) in [4.78, 5) is 40.6. The van der Waals surface area contributed by atoms with E-state index in [0.29, 0.717) is 22.6 Å². The van der Waals surface area contributed by atoms with Gasteiger partial charge in [0.05, 0.1) is 7.11 Å². The minimum absolute atomic E-state index is 0.0780. The van der Waals surface area contributed by atoms with Gasteiger partial charge in [0.15, 0.2) is 0 Å². The number of hydrogen-bond acceptors (Lipinski definition) is 5. The summed E-state index contributed by atoms with van der Waals surface area (Å²) in [5.74, 6) is -0.355. The molecule has 5 aromatic rings. The standard InChI is InChI=1S/C37H31N3O4S/c1-44-31-21-17-26(18-22-31)25-33(40-35(41)28-13-7-3-8-14-28)36(42)38-30-19-23-32(24-20-30)45-34(27-11-5-2-6-12-27)37(43)39-29-15-9-4-10-16-29/h2-25,34H,1H3,(H,38,42)(H,39,43)(H,40,41)/b33-25-. The van der Waals surface area contributed by atoms with Gasteiger partial charge in [0.1, 0.15) is 16.7 Å². The van der Waals surface area contributed by atoms with Crippen molar-refractivity contribution in [2.45, 2.75) is 10.1 Å². The van der Waals surface area contributed by atoms with E-state index in [-0.39, 0.29) is 11.6 Å². The predicted molar refractivity (Wildman–Crippen MR) is 180 cm³/mol. The first-order valence-electron chi connectivity index (χ1n) is 14.2. The van der Waals surface area contributed by atoms with Gasteiger partial charge >= 0.3 is 0 Å². The van der Waals surface area contributed by atoms with E-state index in [1.165, 1.54) is 11.8 Å². The highest BCUT2D eigenvalue weighted by molar-refractivity contribution is 8.00. The number of rotatable bonds is 11. The highest BCUT2D eigenvalue weighted by atomic mass is 32.2. The van der Waals surface area contributed by atoms with Crippen LogP contribution in [-0.2, 0) is 9.59 Å². The van der Waals surface area contributed by atoms with E-state index < -0.39 is 17.1 Å². The molecule has 0 aliphatic rings. The second kappa shape index (κ2) is 15.2. The van der Waals surface area contributed by atoms with Gasteiger partial charge in [0.25, 0.3) is 11.8 Å². The molecular formula is C37H31N3O4S. The van der Waals surface area contributed by atoms with Crippen LogP contribution in [0.4, 0.5) is 11.4 Å². The zero-order valence-electron chi connectivity index (χ0n) is 24.5. The number of benzene rings is 5. The number of para-hydroxylation sites is 1. The van der Waals surface area contributed by atoms with Crippen molar-refractivity contribution in [1.82, 2.24) is 5.32 Å². The first kappa shape index (κ1) is 30.8. The molecule has 0 aliphatic heterocycles. The molecule has 0 aliphatic carbocycles. The maximum Gasteiger partial charge on any atom is 0.272 e. The SMILES string of the molecule is COc1ccc(/C=C(\NC(=O)c2ccccc2)C(=O)Nc2ccc(SC(C(=O)Nc3ccccc3)c3ccccc3)cc2)cc1. The van der Waals surface area contributed by atoms with Crippen LogP contribution in [0.15, 0.2) is 150 Å². The minimum atomic E-state index is -0.501. The predicted octanol–water partition coefficient (Wildman–Crippen LogP) is 7.58. The molecule has 0 fully saturated rings. The van der Waals surface area contributed by atoms with Crippen molar-refractivity contribution in [2.24, 2.45) is 0 Å². The number of thioether (sulfide) groups is 1. The Bertz CT molecular complexity index is 1760. The molecule has 224 valence electrons. The van der Waals surface area contributed by atoms with Crippen molar-refractivity contribution >= 4 is 46.9 Å². The third-order valence-electron chi connectivity index (χ3n) is 6.70. The Morgan fingerprint density at radius 1 is 0.667 bits per heavy atom. The monoisotopic (exact) mass is 613 g/mol. The molecular weight excluding hydrogens is 582 g/mol. The van der Waals surface area contributed by atoms with E-state index in [4.69, 9.17) is 4.74 Å². The average Bonchev–Trinajstić information content (AvgIpc) is 3.09. The van der Waals surface area contributed by atoms with Crippen molar-refractivity contribution in [3.05, 3.63) is 162 Å². The molecule has 0 aromatic heterocycles. The molecule has 0 heterocycles. The Balaban J connectivity index is 1.32. The summed E-state index contributed by atoms with van der Waals surface area (Å²) < 4.78 is 5.23. The number of ether oxygens (including phenoxy) is 1. The van der Waals surface area contributed by atoms with Crippen LogP contribution in [0.1, 0.15) is 26.7 Å². The number of carbonyl (C=O) groups excluding carboxylic acids is 3. The quantitative estimate of drug-likeness (QED) is 0.105. The van der Waals surface area contributed by atoms with Gasteiger partial charge in [-0.25, -0.2) is 0 Å². The van der Waals surface area contributed by atoms with Crippen molar-refractivity contribution < 1.29 is 19.1 Å². The van der Waals surface area contributed by atoms with Gasteiger partial charge in [-0.15, -0.1) is 11.8 Å². The molecule has 1 atom stereocenters. The van der Waals surface area contributed by atoms with Crippen molar-refractivity contribution in [3.63, 3.8) is 0 Å². The van der Waals surface area contributed by atoms with Crippen molar-refractivity contribution in [3.8, 4) is 5.75 Å². The van der Waals surface area contributed by atoms with E-state index in [1.807, 2.05) is 78.9 Å². The molecule has 0 saturated heterocycles. The summed E-state index contributed by atoms with van der Waals surface area (Å²) >= 11 is 1.41. The maximum absolute atomic E-state index is 13.4. The van der Waals surface area contributed by atoms with E-state index in [1.54, 1.807) is 73.8 Å². The minimum Gasteiger partial charge on any atom is -0.497 e. The smallest absolute Gasteiger partial charge is 0.272 e. The van der Waals surface area contributed by atoms with E-state index in [0.717, 1.165) is 16.1 Å². The molecule has 0 saturated carbocycles. The number of carbonyl (C=O) groups is 3. The Labute approximate surface area is 266 Å². The van der Waals surface area contributed by atoms with E-state index in [9.17, 15) is 14.4 Å². The molecule has 0 bridgehead atoms. The fraction of sp³-hybridized carbons (Fsp3) is 0.0541. The summed E-state index contributed by atoms with van der Waals surface area (Å²) in [6, 6.07) is 42.0. The zero-order valence-corrected chi connectivity index (χ0v) is 25.3. The van der Waals surface area contributed by atoms with Crippen molar-refractivity contribution in [2.75, 3.05) is 17.7 Å². The normalized spacial score (nSPS) is 11.6. The van der Waals surface area contributed by atoms with Crippen LogP contribution < -0.4 is 20.7 Å². The molecule has 8 heteroatoms. The summed E-state index contributed by atoms with van der Waals surface area (Å²) in [7, 11) is 1.58. The summed E-state index contributed by atoms with van der Waals surface area (Å²) in [6.07, 6.45) is 1.61. The molecule has 3 N–H and O–H groups in total. The molecule has 0 radical (unpaired) electrons. The first-order valence-corrected chi connectivity index (χ1v) is 15.1. The van der Waals surface area contributed by atoms with Crippen LogP contribution in [0, 0.1) is 0 Å². The number of methoxy groups -OCH3 is 1. The lowest BCUT2D eigenvalue weighted by molar-refractivity contribution is -0.116. The first-order chi connectivity index (χ1) is 22.0. The molecule has 5 aromatic carbocycles. The van der Waals surface area contributed by atoms with Crippen LogP contribution >= 0.6 is 11.8 Å². The third kappa shape index (κ3) is 8.72. The van der Waals surface area contributed by atoms with Crippen LogP contribution in [0.5, 0.6) is 5.75 Å². The van der Waals surface area contributed by atoms with Gasteiger partial charge in [0.2, 0.25) is 5.91 Å². The van der Waals surface area contributed by atoms with Gasteiger partial charge in [-0.2, -0.15) is 0 Å². The van der Waals surface area contributed by atoms with Crippen LogP contribution in [-0.4, -0.2) is 24.8 Å². The fourth-order valence-corrected chi connectivity index (χ4v) is 5.42. The maximum atomic E-state index is 13.4. The van der Waals surface area contributed by atoms with E-state index >= 15 is 0 Å². The van der Waals surface area contributed by atoms with Gasteiger partial charge < -0.3 is 20.7 Å². The summed E-state index contributed by atoms with van der Waals surface area (Å²) in [5.41, 5.74) is 3.34. The van der Waals surface area contributed by atoms with Gasteiger partial charge in [-0.1, -0.05) is 78.9 Å². The number of nitrogens with one attached hydrogen (secondary N) is 3. The highest BCUT2D eigenvalue weighted by Gasteiger charge is 2.22. The van der Waals surface area contributed by atoms with Crippen LogP contribution in [0.3, 0.4) is 0 Å². The Hall–Kier alpha value is -5.60. The number of anilines is 2. The molecule has 1 unspecified atom stereocenters. The van der Waals surface area contributed by atoms with Crippen LogP contribution in [0.25, 0.3) is 6.08 Å². The molecule has 45 heavy (non-hydrogen) atoms. The van der Waals surface area contributed by atoms with Gasteiger partial charge in [-0.3, -0.25) is 14.4 Å². The lowest BCUT2D eigenvalue weighted by Crippen LogP contribution is -2.30. The largest absolute Gasteiger partial charge is 0.497 e. The van der Waals surface area contributed by atoms with E-state index in [2.05, 4.69) is 16.0 Å². The third-order valence-corrected chi connectivity index (χ3v) is 7.97. The lowest BCUT2D eigenvalue weighted by Gasteiger charge is -2.17. The van der Waals surface area contributed by atoms with Crippen LogP contribution in [0.2, 0.25) is 0 Å². The number of hydrogen-bond donors (Lipinski definition) is 3. The summed E-state index contributed by atoms with van der Waals surface area (Å²) in [6.45, 7) is 0. The van der Waals surface area contributed by atoms with Crippen molar-refractivity contribution in [1.29, 1.82) is 0 Å². The second-order valence-electron chi connectivity index (χ2n) is 9.89. The average molecular weight is 614 g/mol. The lowest BCUT2D eigenvalue weighted by atomic mass is 10.1. The summed E-state index contributed by atoms with van der Waals surface area (Å²) in [5, 5.41) is 8.12. The Morgan fingerprint density at radius 3 is 1.87 bits per heavy atom. The fourth-order valence-electron chi connectivity index (χ4n) is 4.39. The molecule has 0 spiro atoms.